The van der Waals surface area contributed by atoms with Crippen LogP contribution in [0.4, 0.5) is 11.4 Å². The Balaban J connectivity index is 1.89. The van der Waals surface area contributed by atoms with Crippen molar-refractivity contribution < 1.29 is 14.6 Å². The second-order valence-electron chi connectivity index (χ2n) is 6.03. The molecular formula is C21H18N2O3. The van der Waals surface area contributed by atoms with Crippen molar-refractivity contribution in [2.75, 3.05) is 17.3 Å². The van der Waals surface area contributed by atoms with Crippen molar-refractivity contribution in [3.8, 4) is 11.5 Å². The fraction of sp³-hybridized carbons (Fsp3) is 0.0952. The molecule has 0 radical (unpaired) electrons. The Morgan fingerprint density at radius 3 is 2.42 bits per heavy atom. The van der Waals surface area contributed by atoms with Crippen LogP contribution in [0.15, 0.2) is 72.8 Å². The maximum absolute atomic E-state index is 13.3. The third-order valence-electron chi connectivity index (χ3n) is 4.48. The molecule has 1 heterocycles. The first-order chi connectivity index (χ1) is 12.7. The van der Waals surface area contributed by atoms with Gasteiger partial charge in [0.15, 0.2) is 0 Å². The van der Waals surface area contributed by atoms with Crippen molar-refractivity contribution in [2.24, 2.45) is 0 Å². The van der Waals surface area contributed by atoms with Gasteiger partial charge in [-0.1, -0.05) is 36.4 Å². The number of carbonyl (C=O) groups is 1. The molecule has 4 rings (SSSR count). The van der Waals surface area contributed by atoms with E-state index in [0.29, 0.717) is 17.0 Å². The van der Waals surface area contributed by atoms with Gasteiger partial charge in [0.25, 0.3) is 5.91 Å². The number of phenolic OH excluding ortho intramolecular Hbond substituents is 1. The van der Waals surface area contributed by atoms with Gasteiger partial charge in [-0.05, 0) is 42.0 Å². The number of nitrogens with one attached hydrogen (secondary N) is 1. The highest BCUT2D eigenvalue weighted by molar-refractivity contribution is 6.12. The standard InChI is InChI=1S/C21H18N2O3/c1-26-19-9-5-4-8-18(19)23-20(14-10-12-15(24)13-11-14)22-17-7-3-2-6-16(17)21(23)25/h2-13,20,22,24H,1H3/t20-/m1/s1. The number of phenols is 1. The minimum absolute atomic E-state index is 0.109. The van der Waals surface area contributed by atoms with Gasteiger partial charge in [-0.2, -0.15) is 0 Å². The highest BCUT2D eigenvalue weighted by Crippen LogP contribution is 2.40. The smallest absolute Gasteiger partial charge is 0.262 e. The van der Waals surface area contributed by atoms with Crippen LogP contribution in [0.3, 0.4) is 0 Å². The average Bonchev–Trinajstić information content (AvgIpc) is 2.68. The molecule has 3 aromatic rings. The third kappa shape index (κ3) is 2.63. The summed E-state index contributed by atoms with van der Waals surface area (Å²) < 4.78 is 5.48. The lowest BCUT2D eigenvalue weighted by atomic mass is 10.0. The Hall–Kier alpha value is -3.47. The van der Waals surface area contributed by atoms with Gasteiger partial charge >= 0.3 is 0 Å². The predicted molar refractivity (Wildman–Crippen MR) is 101 cm³/mol. The number of ether oxygens (including phenoxy) is 1. The fourth-order valence-electron chi connectivity index (χ4n) is 3.22. The summed E-state index contributed by atoms with van der Waals surface area (Å²) in [6.07, 6.45) is -0.422. The SMILES string of the molecule is COc1ccccc1N1C(=O)c2ccccc2N[C@H]1c1ccc(O)cc1. The number of hydrogen-bond donors (Lipinski definition) is 2. The molecule has 1 atom stereocenters. The quantitative estimate of drug-likeness (QED) is 0.747. The van der Waals surface area contributed by atoms with Crippen LogP contribution in [-0.2, 0) is 0 Å². The largest absolute Gasteiger partial charge is 0.508 e. The van der Waals surface area contributed by atoms with Crippen LogP contribution in [0.25, 0.3) is 0 Å². The summed E-state index contributed by atoms with van der Waals surface area (Å²) in [5, 5.41) is 13.0. The molecule has 5 nitrogen and oxygen atoms in total. The number of carbonyl (C=O) groups excluding carboxylic acids is 1. The van der Waals surface area contributed by atoms with Gasteiger partial charge in [-0.3, -0.25) is 9.69 Å². The minimum atomic E-state index is -0.422. The molecule has 1 amide bonds. The molecule has 0 unspecified atom stereocenters. The zero-order valence-corrected chi connectivity index (χ0v) is 14.2. The van der Waals surface area contributed by atoms with Gasteiger partial charge in [-0.15, -0.1) is 0 Å². The third-order valence-corrected chi connectivity index (χ3v) is 4.48. The van der Waals surface area contributed by atoms with Crippen molar-refractivity contribution >= 4 is 17.3 Å². The Morgan fingerprint density at radius 1 is 0.962 bits per heavy atom. The van der Waals surface area contributed by atoms with Crippen molar-refractivity contribution in [1.29, 1.82) is 0 Å². The van der Waals surface area contributed by atoms with E-state index in [2.05, 4.69) is 5.32 Å². The normalized spacial score (nSPS) is 16.0. The lowest BCUT2D eigenvalue weighted by molar-refractivity contribution is 0.0974. The first-order valence-electron chi connectivity index (χ1n) is 8.30. The van der Waals surface area contributed by atoms with E-state index >= 15 is 0 Å². The van der Waals surface area contributed by atoms with Gasteiger partial charge in [-0.25, -0.2) is 0 Å². The van der Waals surface area contributed by atoms with E-state index in [1.54, 1.807) is 42.3 Å². The molecule has 0 saturated heterocycles. The molecule has 3 aromatic carbocycles. The maximum atomic E-state index is 13.3. The van der Waals surface area contributed by atoms with Gasteiger partial charge in [0, 0.05) is 5.69 Å². The van der Waals surface area contributed by atoms with Crippen LogP contribution >= 0.6 is 0 Å². The lowest BCUT2D eigenvalue weighted by Gasteiger charge is -2.38. The zero-order valence-electron chi connectivity index (χ0n) is 14.2. The number of benzene rings is 3. The average molecular weight is 346 g/mol. The van der Waals surface area contributed by atoms with Gasteiger partial charge in [0.2, 0.25) is 0 Å². The number of methoxy groups -OCH3 is 1. The van der Waals surface area contributed by atoms with E-state index in [4.69, 9.17) is 4.74 Å². The van der Waals surface area contributed by atoms with E-state index in [1.807, 2.05) is 42.5 Å². The highest BCUT2D eigenvalue weighted by atomic mass is 16.5. The number of fused-ring (bicyclic) bond motifs is 1. The maximum Gasteiger partial charge on any atom is 0.262 e. The van der Waals surface area contributed by atoms with E-state index in [0.717, 1.165) is 11.3 Å². The number of amides is 1. The summed E-state index contributed by atoms with van der Waals surface area (Å²) in [5.74, 6) is 0.688. The summed E-state index contributed by atoms with van der Waals surface area (Å²) in [4.78, 5) is 15.0. The fourth-order valence-corrected chi connectivity index (χ4v) is 3.22. The highest BCUT2D eigenvalue weighted by Gasteiger charge is 2.35. The number of hydrogen-bond acceptors (Lipinski definition) is 4. The van der Waals surface area contributed by atoms with Crippen LogP contribution < -0.4 is 15.0 Å². The number of aromatic hydroxyl groups is 1. The summed E-state index contributed by atoms with van der Waals surface area (Å²) in [6, 6.07) is 21.7. The molecule has 0 saturated carbocycles. The van der Waals surface area contributed by atoms with Gasteiger partial charge in [0.1, 0.15) is 17.7 Å². The molecule has 2 N–H and O–H groups in total. The second kappa shape index (κ2) is 6.44. The van der Waals surface area contributed by atoms with Crippen LogP contribution in [0.2, 0.25) is 0 Å². The van der Waals surface area contributed by atoms with E-state index in [-0.39, 0.29) is 11.7 Å². The first-order valence-corrected chi connectivity index (χ1v) is 8.30. The molecule has 5 heteroatoms. The van der Waals surface area contributed by atoms with Gasteiger partial charge < -0.3 is 15.2 Å². The first kappa shape index (κ1) is 16.0. The molecular weight excluding hydrogens is 328 g/mol. The summed E-state index contributed by atoms with van der Waals surface area (Å²) >= 11 is 0. The van der Waals surface area contributed by atoms with Crippen LogP contribution in [0.1, 0.15) is 22.1 Å². The molecule has 0 bridgehead atoms. The summed E-state index contributed by atoms with van der Waals surface area (Å²) in [7, 11) is 1.59. The number of anilines is 2. The minimum Gasteiger partial charge on any atom is -0.508 e. The molecule has 0 fully saturated rings. The van der Waals surface area contributed by atoms with Crippen LogP contribution in [0, 0.1) is 0 Å². The Morgan fingerprint density at radius 2 is 1.65 bits per heavy atom. The molecule has 0 spiro atoms. The van der Waals surface area contributed by atoms with E-state index in [1.165, 1.54) is 0 Å². The number of rotatable bonds is 3. The van der Waals surface area contributed by atoms with Crippen molar-refractivity contribution in [3.63, 3.8) is 0 Å². The molecule has 1 aliphatic rings. The van der Waals surface area contributed by atoms with Crippen molar-refractivity contribution in [3.05, 3.63) is 83.9 Å². The Labute approximate surface area is 151 Å². The summed E-state index contributed by atoms with van der Waals surface area (Å²) in [6.45, 7) is 0. The number of nitrogens with zero attached hydrogens (tertiary/aromatic N) is 1. The van der Waals surface area contributed by atoms with E-state index < -0.39 is 6.17 Å². The summed E-state index contributed by atoms with van der Waals surface area (Å²) in [5.41, 5.74) is 2.92. The molecule has 0 aliphatic carbocycles. The van der Waals surface area contributed by atoms with Gasteiger partial charge in [0.05, 0.1) is 18.4 Å². The Bertz CT molecular complexity index is 953. The monoisotopic (exact) mass is 346 g/mol. The molecule has 0 aromatic heterocycles. The van der Waals surface area contributed by atoms with Crippen LogP contribution in [0.5, 0.6) is 11.5 Å². The Kier molecular flexibility index (Phi) is 3.97. The zero-order chi connectivity index (χ0) is 18.1. The predicted octanol–water partition coefficient (Wildman–Crippen LogP) is 4.17. The topological polar surface area (TPSA) is 61.8 Å². The lowest BCUT2D eigenvalue weighted by Crippen LogP contribution is -2.43. The second-order valence-corrected chi connectivity index (χ2v) is 6.03. The van der Waals surface area contributed by atoms with Crippen molar-refractivity contribution in [1.82, 2.24) is 0 Å². The molecule has 130 valence electrons. The van der Waals surface area contributed by atoms with Crippen LogP contribution in [-0.4, -0.2) is 18.1 Å². The molecule has 1 aliphatic heterocycles. The molecule has 26 heavy (non-hydrogen) atoms. The number of para-hydroxylation sites is 3. The van der Waals surface area contributed by atoms with E-state index in [9.17, 15) is 9.90 Å². The van der Waals surface area contributed by atoms with Crippen molar-refractivity contribution in [2.45, 2.75) is 6.17 Å².